The normalized spacial score (nSPS) is 19.5. The summed E-state index contributed by atoms with van der Waals surface area (Å²) in [5.41, 5.74) is 5.61. The van der Waals surface area contributed by atoms with Gasteiger partial charge in [-0.05, 0) is 50.5 Å². The molecule has 1 saturated heterocycles. The number of nitrogens with zero attached hydrogens (tertiary/aromatic N) is 1. The molecule has 166 valence electrons. The highest BCUT2D eigenvalue weighted by Crippen LogP contribution is 2.21. The van der Waals surface area contributed by atoms with Crippen LogP contribution in [0.3, 0.4) is 0 Å². The Kier molecular flexibility index (Phi) is 10.5. The molecule has 29 heavy (non-hydrogen) atoms. The minimum Gasteiger partial charge on any atom is -0.480 e. The van der Waals surface area contributed by atoms with E-state index in [0.29, 0.717) is 38.0 Å². The maximum Gasteiger partial charge on any atom is 0.326 e. The minimum absolute atomic E-state index is 0.148. The molecule has 4 atom stereocenters. The summed E-state index contributed by atoms with van der Waals surface area (Å²) in [6.07, 6.45) is 3.70. The smallest absolute Gasteiger partial charge is 0.326 e. The van der Waals surface area contributed by atoms with E-state index in [0.717, 1.165) is 0 Å². The highest BCUT2D eigenvalue weighted by Gasteiger charge is 2.39. The van der Waals surface area contributed by atoms with Gasteiger partial charge in [0, 0.05) is 6.54 Å². The average molecular weight is 431 g/mol. The first-order chi connectivity index (χ1) is 13.6. The third-order valence-electron chi connectivity index (χ3n) is 4.80. The van der Waals surface area contributed by atoms with Crippen LogP contribution in [0.15, 0.2) is 0 Å². The number of hydrogen-bond acceptors (Lipinski definition) is 6. The Morgan fingerprint density at radius 2 is 1.83 bits per heavy atom. The van der Waals surface area contributed by atoms with Gasteiger partial charge in [0.1, 0.15) is 18.1 Å². The lowest BCUT2D eigenvalue weighted by atomic mass is 10.0. The lowest BCUT2D eigenvalue weighted by Gasteiger charge is -2.30. The van der Waals surface area contributed by atoms with Crippen molar-refractivity contribution >= 4 is 35.5 Å². The van der Waals surface area contributed by atoms with Crippen molar-refractivity contribution in [3.63, 3.8) is 0 Å². The summed E-state index contributed by atoms with van der Waals surface area (Å²) in [5.74, 6) is -1.57. The van der Waals surface area contributed by atoms with Crippen molar-refractivity contribution in [3.05, 3.63) is 0 Å². The Balaban J connectivity index is 2.90. The third kappa shape index (κ3) is 7.85. The highest BCUT2D eigenvalue weighted by atomic mass is 32.2. The molecule has 4 unspecified atom stereocenters. The molecule has 9 nitrogen and oxygen atoms in total. The number of carbonyl (C=O) groups is 4. The van der Waals surface area contributed by atoms with Gasteiger partial charge in [-0.25, -0.2) is 4.79 Å². The lowest BCUT2D eigenvalue weighted by molar-refractivity contribution is -0.145. The number of nitrogens with two attached hydrogens (primary N) is 1. The van der Waals surface area contributed by atoms with E-state index >= 15 is 0 Å². The standard InChI is InChI=1S/C19H34N4O5S/c1-11(2)10-14(22-16(24)12(3)20)18(26)23-8-5-6-15(23)17(25)21-13(19(27)28)7-9-29-4/h11-15H,5-10,20H2,1-4H3,(H,21,25)(H,22,24)(H,27,28). The monoisotopic (exact) mass is 430 g/mol. The third-order valence-corrected chi connectivity index (χ3v) is 5.44. The average Bonchev–Trinajstić information content (AvgIpc) is 3.12. The number of rotatable bonds is 11. The fraction of sp³-hybridized carbons (Fsp3) is 0.789. The van der Waals surface area contributed by atoms with E-state index in [1.165, 1.54) is 16.7 Å². The maximum atomic E-state index is 13.1. The molecular weight excluding hydrogens is 396 g/mol. The fourth-order valence-corrected chi connectivity index (χ4v) is 3.73. The van der Waals surface area contributed by atoms with Crippen LogP contribution in [-0.4, -0.2) is 76.4 Å². The largest absolute Gasteiger partial charge is 0.480 e. The molecule has 1 aliphatic rings. The number of aliphatic carboxylic acids is 1. The molecular formula is C19H34N4O5S. The van der Waals surface area contributed by atoms with Crippen molar-refractivity contribution < 1.29 is 24.3 Å². The van der Waals surface area contributed by atoms with Gasteiger partial charge in [0.25, 0.3) is 0 Å². The second-order valence-corrected chi connectivity index (χ2v) is 8.84. The van der Waals surface area contributed by atoms with Crippen LogP contribution in [0.2, 0.25) is 0 Å². The summed E-state index contributed by atoms with van der Waals surface area (Å²) in [6, 6.07) is -3.24. The van der Waals surface area contributed by atoms with E-state index < -0.39 is 42.0 Å². The topological polar surface area (TPSA) is 142 Å². The van der Waals surface area contributed by atoms with Gasteiger partial charge in [-0.3, -0.25) is 14.4 Å². The Labute approximate surface area is 176 Å². The Bertz CT molecular complexity index is 599. The van der Waals surface area contributed by atoms with Crippen LogP contribution in [0.5, 0.6) is 0 Å². The number of thioether (sulfide) groups is 1. The second kappa shape index (κ2) is 12.0. The van der Waals surface area contributed by atoms with E-state index in [1.54, 1.807) is 6.92 Å². The quantitative estimate of drug-likeness (QED) is 0.366. The molecule has 1 fully saturated rings. The van der Waals surface area contributed by atoms with Crippen molar-refractivity contribution in [1.29, 1.82) is 0 Å². The number of carboxylic acid groups (broad SMARTS) is 1. The Morgan fingerprint density at radius 3 is 2.34 bits per heavy atom. The zero-order valence-electron chi connectivity index (χ0n) is 17.6. The SMILES string of the molecule is CSCCC(NC(=O)C1CCCN1C(=O)C(CC(C)C)NC(=O)C(C)N)C(=O)O. The second-order valence-electron chi connectivity index (χ2n) is 7.85. The van der Waals surface area contributed by atoms with Gasteiger partial charge in [0.2, 0.25) is 17.7 Å². The minimum atomic E-state index is -1.09. The van der Waals surface area contributed by atoms with Crippen molar-refractivity contribution in [1.82, 2.24) is 15.5 Å². The molecule has 10 heteroatoms. The summed E-state index contributed by atoms with van der Waals surface area (Å²) in [4.78, 5) is 50.8. The zero-order chi connectivity index (χ0) is 22.1. The summed E-state index contributed by atoms with van der Waals surface area (Å²) in [7, 11) is 0. The first kappa shape index (κ1) is 25.2. The molecule has 0 bridgehead atoms. The molecule has 0 aromatic carbocycles. The molecule has 3 amide bonds. The van der Waals surface area contributed by atoms with E-state index in [9.17, 15) is 24.3 Å². The van der Waals surface area contributed by atoms with Gasteiger partial charge in [-0.2, -0.15) is 11.8 Å². The molecule has 1 heterocycles. The van der Waals surface area contributed by atoms with Crippen molar-refractivity contribution in [3.8, 4) is 0 Å². The van der Waals surface area contributed by atoms with E-state index in [2.05, 4.69) is 10.6 Å². The van der Waals surface area contributed by atoms with Crippen LogP contribution in [0.25, 0.3) is 0 Å². The molecule has 0 radical (unpaired) electrons. The van der Waals surface area contributed by atoms with Gasteiger partial charge in [-0.1, -0.05) is 13.8 Å². The first-order valence-electron chi connectivity index (χ1n) is 9.97. The summed E-state index contributed by atoms with van der Waals surface area (Å²) in [5, 5.41) is 14.6. The summed E-state index contributed by atoms with van der Waals surface area (Å²) < 4.78 is 0. The fourth-order valence-electron chi connectivity index (χ4n) is 3.26. The van der Waals surface area contributed by atoms with Gasteiger partial charge >= 0.3 is 5.97 Å². The van der Waals surface area contributed by atoms with E-state index in [1.807, 2.05) is 20.1 Å². The maximum absolute atomic E-state index is 13.1. The van der Waals surface area contributed by atoms with Gasteiger partial charge in [-0.15, -0.1) is 0 Å². The molecule has 0 aliphatic carbocycles. The van der Waals surface area contributed by atoms with Gasteiger partial charge < -0.3 is 26.4 Å². The molecule has 0 aromatic rings. The van der Waals surface area contributed by atoms with Crippen LogP contribution in [0.4, 0.5) is 0 Å². The molecule has 1 rings (SSSR count). The van der Waals surface area contributed by atoms with Crippen molar-refractivity contribution in [2.45, 2.75) is 70.6 Å². The number of hydrogen-bond donors (Lipinski definition) is 4. The predicted molar refractivity (Wildman–Crippen MR) is 112 cm³/mol. The van der Waals surface area contributed by atoms with Crippen LogP contribution in [0, 0.1) is 5.92 Å². The Morgan fingerprint density at radius 1 is 1.17 bits per heavy atom. The van der Waals surface area contributed by atoms with Crippen LogP contribution in [-0.2, 0) is 19.2 Å². The van der Waals surface area contributed by atoms with E-state index in [4.69, 9.17) is 5.73 Å². The number of likely N-dealkylation sites (tertiary alicyclic amines) is 1. The first-order valence-corrected chi connectivity index (χ1v) is 11.4. The molecule has 0 aromatic heterocycles. The lowest BCUT2D eigenvalue weighted by Crippen LogP contribution is -2.56. The van der Waals surface area contributed by atoms with Gasteiger partial charge in [0.15, 0.2) is 0 Å². The Hall–Kier alpha value is -1.81. The summed E-state index contributed by atoms with van der Waals surface area (Å²) >= 11 is 1.50. The molecule has 1 aliphatic heterocycles. The zero-order valence-corrected chi connectivity index (χ0v) is 18.5. The summed E-state index contributed by atoms with van der Waals surface area (Å²) in [6.45, 7) is 5.81. The molecule has 0 saturated carbocycles. The number of carboxylic acids is 1. The molecule has 5 N–H and O–H groups in total. The molecule has 0 spiro atoms. The number of carbonyl (C=O) groups excluding carboxylic acids is 3. The highest BCUT2D eigenvalue weighted by molar-refractivity contribution is 7.98. The predicted octanol–water partition coefficient (Wildman–Crippen LogP) is 0.178. The van der Waals surface area contributed by atoms with E-state index in [-0.39, 0.29) is 11.8 Å². The number of amides is 3. The van der Waals surface area contributed by atoms with Crippen LogP contribution >= 0.6 is 11.8 Å². The van der Waals surface area contributed by atoms with Crippen LogP contribution in [0.1, 0.15) is 46.5 Å². The van der Waals surface area contributed by atoms with Crippen molar-refractivity contribution in [2.75, 3.05) is 18.6 Å². The van der Waals surface area contributed by atoms with Crippen LogP contribution < -0.4 is 16.4 Å². The number of nitrogens with one attached hydrogen (secondary N) is 2. The van der Waals surface area contributed by atoms with Crippen molar-refractivity contribution in [2.24, 2.45) is 11.7 Å². The van der Waals surface area contributed by atoms with Gasteiger partial charge in [0.05, 0.1) is 6.04 Å².